The van der Waals surface area contributed by atoms with E-state index in [2.05, 4.69) is 6.07 Å². The molecule has 1 amide bonds. The third-order valence-corrected chi connectivity index (χ3v) is 3.33. The molecule has 1 aliphatic rings. The fourth-order valence-corrected chi connectivity index (χ4v) is 2.28. The fourth-order valence-electron chi connectivity index (χ4n) is 2.28. The Morgan fingerprint density at radius 1 is 1.50 bits per heavy atom. The summed E-state index contributed by atoms with van der Waals surface area (Å²) in [4.78, 5) is 13.9. The van der Waals surface area contributed by atoms with Gasteiger partial charge in [0.15, 0.2) is 0 Å². The number of anilines is 1. The van der Waals surface area contributed by atoms with Gasteiger partial charge < -0.3 is 15.4 Å². The van der Waals surface area contributed by atoms with Gasteiger partial charge in [0.25, 0.3) is 0 Å². The number of hydrogen-bond acceptors (Lipinski definition) is 3. The zero-order valence-electron chi connectivity index (χ0n) is 10.8. The number of carbonyl (C=O) groups excluding carboxylic acids is 1. The second kappa shape index (κ2) is 5.87. The van der Waals surface area contributed by atoms with E-state index in [4.69, 9.17) is 10.5 Å². The third kappa shape index (κ3) is 2.82. The lowest BCUT2D eigenvalue weighted by Gasteiger charge is -2.29. The third-order valence-electron chi connectivity index (χ3n) is 3.33. The number of nitrogen functional groups attached to an aromatic ring is 1. The molecule has 0 saturated heterocycles. The molecule has 4 heteroatoms. The molecule has 0 atom stereocenters. The van der Waals surface area contributed by atoms with Crippen LogP contribution in [0.1, 0.15) is 24.5 Å². The Kier molecular flexibility index (Phi) is 4.20. The number of carbonyl (C=O) groups is 1. The Morgan fingerprint density at radius 3 is 3.11 bits per heavy atom. The van der Waals surface area contributed by atoms with Crippen molar-refractivity contribution in [1.29, 1.82) is 0 Å². The molecule has 4 nitrogen and oxygen atoms in total. The Bertz CT molecular complexity index is 432. The summed E-state index contributed by atoms with van der Waals surface area (Å²) in [5.74, 6) is 0.150. The van der Waals surface area contributed by atoms with E-state index in [0.29, 0.717) is 26.2 Å². The number of ether oxygens (including phenoxy) is 1. The zero-order valence-corrected chi connectivity index (χ0v) is 10.8. The first kappa shape index (κ1) is 12.9. The Balaban J connectivity index is 1.99. The summed E-state index contributed by atoms with van der Waals surface area (Å²) in [6.07, 6.45) is 1.34. The van der Waals surface area contributed by atoms with Crippen LogP contribution in [0, 0.1) is 0 Å². The number of rotatable bonds is 4. The molecule has 18 heavy (non-hydrogen) atoms. The highest BCUT2D eigenvalue weighted by Crippen LogP contribution is 2.24. The van der Waals surface area contributed by atoms with Crippen molar-refractivity contribution in [2.75, 3.05) is 25.5 Å². The van der Waals surface area contributed by atoms with E-state index in [0.717, 1.165) is 24.2 Å². The normalized spacial score (nSPS) is 14.4. The van der Waals surface area contributed by atoms with Crippen LogP contribution in [-0.4, -0.2) is 30.6 Å². The van der Waals surface area contributed by atoms with Gasteiger partial charge in [-0.1, -0.05) is 12.1 Å². The van der Waals surface area contributed by atoms with Gasteiger partial charge in [-0.05, 0) is 30.5 Å². The topological polar surface area (TPSA) is 55.6 Å². The van der Waals surface area contributed by atoms with Crippen molar-refractivity contribution in [3.05, 3.63) is 29.3 Å². The summed E-state index contributed by atoms with van der Waals surface area (Å²) >= 11 is 0. The first-order chi connectivity index (χ1) is 8.72. The lowest BCUT2D eigenvalue weighted by atomic mass is 9.98. The van der Waals surface area contributed by atoms with E-state index in [1.54, 1.807) is 0 Å². The van der Waals surface area contributed by atoms with Crippen LogP contribution in [0.15, 0.2) is 18.2 Å². The standard InChI is InChI=1S/C14H20N2O2/c1-2-18-9-7-14(17)16-8-6-11-4-3-5-13(15)12(11)10-16/h3-5H,2,6-10,15H2,1H3. The first-order valence-electron chi connectivity index (χ1n) is 6.44. The van der Waals surface area contributed by atoms with Crippen molar-refractivity contribution in [3.63, 3.8) is 0 Å². The largest absolute Gasteiger partial charge is 0.398 e. The second-order valence-electron chi connectivity index (χ2n) is 4.50. The molecule has 0 aliphatic carbocycles. The van der Waals surface area contributed by atoms with Crippen LogP contribution in [0.2, 0.25) is 0 Å². The molecule has 0 aromatic heterocycles. The Morgan fingerprint density at radius 2 is 2.33 bits per heavy atom. The van der Waals surface area contributed by atoms with Gasteiger partial charge in [-0.25, -0.2) is 0 Å². The highest BCUT2D eigenvalue weighted by atomic mass is 16.5. The maximum atomic E-state index is 12.0. The Labute approximate surface area is 108 Å². The maximum absolute atomic E-state index is 12.0. The summed E-state index contributed by atoms with van der Waals surface area (Å²) in [5, 5.41) is 0. The SMILES string of the molecule is CCOCCC(=O)N1CCc2cccc(N)c2C1. The molecule has 98 valence electrons. The average molecular weight is 248 g/mol. The fraction of sp³-hybridized carbons (Fsp3) is 0.500. The van der Waals surface area contributed by atoms with Crippen molar-refractivity contribution in [1.82, 2.24) is 4.90 Å². The molecule has 0 unspecified atom stereocenters. The molecule has 2 N–H and O–H groups in total. The highest BCUT2D eigenvalue weighted by Gasteiger charge is 2.21. The smallest absolute Gasteiger partial charge is 0.225 e. The molecular weight excluding hydrogens is 228 g/mol. The van der Waals surface area contributed by atoms with Crippen molar-refractivity contribution < 1.29 is 9.53 Å². The van der Waals surface area contributed by atoms with Gasteiger partial charge in [0.05, 0.1) is 13.0 Å². The van der Waals surface area contributed by atoms with Crippen LogP contribution >= 0.6 is 0 Å². The van der Waals surface area contributed by atoms with Crippen LogP contribution in [0.3, 0.4) is 0 Å². The van der Waals surface area contributed by atoms with Gasteiger partial charge in [-0.15, -0.1) is 0 Å². The summed E-state index contributed by atoms with van der Waals surface area (Å²) in [6, 6.07) is 5.96. The molecule has 0 radical (unpaired) electrons. The van der Waals surface area contributed by atoms with Crippen molar-refractivity contribution in [2.24, 2.45) is 0 Å². The van der Waals surface area contributed by atoms with E-state index in [1.807, 2.05) is 24.0 Å². The lowest BCUT2D eigenvalue weighted by molar-refractivity contribution is -0.133. The van der Waals surface area contributed by atoms with Gasteiger partial charge in [0.2, 0.25) is 5.91 Å². The quantitative estimate of drug-likeness (QED) is 0.650. The van der Waals surface area contributed by atoms with Gasteiger partial charge in [0, 0.05) is 25.4 Å². The number of fused-ring (bicyclic) bond motifs is 1. The minimum atomic E-state index is 0.150. The number of hydrogen-bond donors (Lipinski definition) is 1. The van der Waals surface area contributed by atoms with Crippen LogP contribution in [0.25, 0.3) is 0 Å². The highest BCUT2D eigenvalue weighted by molar-refractivity contribution is 5.77. The zero-order chi connectivity index (χ0) is 13.0. The molecule has 0 fully saturated rings. The average Bonchev–Trinajstić information content (AvgIpc) is 2.39. The lowest BCUT2D eigenvalue weighted by Crippen LogP contribution is -2.36. The van der Waals surface area contributed by atoms with Gasteiger partial charge in [-0.2, -0.15) is 0 Å². The predicted molar refractivity (Wildman–Crippen MR) is 71.1 cm³/mol. The summed E-state index contributed by atoms with van der Waals surface area (Å²) in [5.41, 5.74) is 9.12. The van der Waals surface area contributed by atoms with Crippen LogP contribution in [0.4, 0.5) is 5.69 Å². The number of nitrogens with two attached hydrogens (primary N) is 1. The number of nitrogens with zero attached hydrogens (tertiary/aromatic N) is 1. The number of benzene rings is 1. The first-order valence-corrected chi connectivity index (χ1v) is 6.44. The molecule has 1 heterocycles. The van der Waals surface area contributed by atoms with Crippen molar-refractivity contribution in [2.45, 2.75) is 26.3 Å². The second-order valence-corrected chi connectivity index (χ2v) is 4.50. The van der Waals surface area contributed by atoms with E-state index in [9.17, 15) is 4.79 Å². The van der Waals surface area contributed by atoms with Crippen molar-refractivity contribution in [3.8, 4) is 0 Å². The molecule has 2 rings (SSSR count). The van der Waals surface area contributed by atoms with Crippen molar-refractivity contribution >= 4 is 11.6 Å². The van der Waals surface area contributed by atoms with E-state index >= 15 is 0 Å². The maximum Gasteiger partial charge on any atom is 0.225 e. The van der Waals surface area contributed by atoms with Crippen LogP contribution in [-0.2, 0) is 22.5 Å². The minimum Gasteiger partial charge on any atom is -0.398 e. The molecule has 1 aromatic rings. The van der Waals surface area contributed by atoms with Gasteiger partial charge in [-0.3, -0.25) is 4.79 Å². The molecule has 0 spiro atoms. The summed E-state index contributed by atoms with van der Waals surface area (Å²) in [7, 11) is 0. The molecule has 1 aliphatic heterocycles. The van der Waals surface area contributed by atoms with E-state index in [-0.39, 0.29) is 5.91 Å². The summed E-state index contributed by atoms with van der Waals surface area (Å²) in [6.45, 7) is 4.50. The van der Waals surface area contributed by atoms with Crippen LogP contribution in [0.5, 0.6) is 0 Å². The Hall–Kier alpha value is -1.55. The molecule has 0 bridgehead atoms. The predicted octanol–water partition coefficient (Wildman–Crippen LogP) is 1.58. The molecular formula is C14H20N2O2. The van der Waals surface area contributed by atoms with E-state index < -0.39 is 0 Å². The summed E-state index contributed by atoms with van der Waals surface area (Å²) < 4.78 is 5.22. The van der Waals surface area contributed by atoms with Crippen LogP contribution < -0.4 is 5.73 Å². The van der Waals surface area contributed by atoms with Gasteiger partial charge in [0.1, 0.15) is 0 Å². The monoisotopic (exact) mass is 248 g/mol. The number of amides is 1. The van der Waals surface area contributed by atoms with E-state index in [1.165, 1.54) is 5.56 Å². The molecule has 0 saturated carbocycles. The molecule has 1 aromatic carbocycles. The minimum absolute atomic E-state index is 0.150. The van der Waals surface area contributed by atoms with Gasteiger partial charge >= 0.3 is 0 Å².